The molecule has 3 heteroatoms. The highest BCUT2D eigenvalue weighted by molar-refractivity contribution is 5.72. The lowest BCUT2D eigenvalue weighted by Gasteiger charge is -2.13. The highest BCUT2D eigenvalue weighted by Gasteiger charge is 2.18. The Morgan fingerprint density at radius 3 is 2.93 bits per heavy atom. The van der Waals surface area contributed by atoms with Crippen LogP contribution < -0.4 is 0 Å². The third-order valence-corrected chi connectivity index (χ3v) is 2.38. The van der Waals surface area contributed by atoms with Crippen molar-refractivity contribution in [3.8, 4) is 0 Å². The van der Waals surface area contributed by atoms with Gasteiger partial charge in [-0.05, 0) is 24.5 Å². The molecule has 0 fully saturated rings. The second kappa shape index (κ2) is 6.17. The Morgan fingerprint density at radius 1 is 1.60 bits per heavy atom. The second-order valence-electron chi connectivity index (χ2n) is 3.57. The normalized spacial score (nSPS) is 12.1. The summed E-state index contributed by atoms with van der Waals surface area (Å²) < 4.78 is 4.78. The van der Waals surface area contributed by atoms with Crippen LogP contribution in [0.4, 0.5) is 0 Å². The van der Waals surface area contributed by atoms with Crippen LogP contribution in [-0.2, 0) is 16.0 Å². The minimum Gasteiger partial charge on any atom is -0.469 e. The van der Waals surface area contributed by atoms with Gasteiger partial charge in [0.15, 0.2) is 0 Å². The molecule has 3 nitrogen and oxygen atoms in total. The molecule has 0 saturated carbocycles. The number of aromatic nitrogens is 1. The molecule has 15 heavy (non-hydrogen) atoms. The van der Waals surface area contributed by atoms with Crippen molar-refractivity contribution in [2.75, 3.05) is 7.11 Å². The summed E-state index contributed by atoms with van der Waals surface area (Å²) in [6.07, 6.45) is 6.10. The summed E-state index contributed by atoms with van der Waals surface area (Å²) in [7, 11) is 1.44. The second-order valence-corrected chi connectivity index (χ2v) is 3.57. The van der Waals surface area contributed by atoms with Crippen molar-refractivity contribution >= 4 is 5.97 Å². The minimum absolute atomic E-state index is 0.0378. The zero-order chi connectivity index (χ0) is 11.1. The highest BCUT2D eigenvalue weighted by Crippen LogP contribution is 2.14. The first-order valence-corrected chi connectivity index (χ1v) is 5.24. The van der Waals surface area contributed by atoms with E-state index >= 15 is 0 Å². The molecule has 0 N–H and O–H groups in total. The standard InChI is InChI=1S/C12H17NO2/c1-3-5-11(12(14)15-2)8-10-6-4-7-13-9-10/h4,6-7,9,11H,3,5,8H2,1-2H3. The van der Waals surface area contributed by atoms with E-state index in [1.54, 1.807) is 12.4 Å². The van der Waals surface area contributed by atoms with Gasteiger partial charge in [-0.3, -0.25) is 9.78 Å². The maximum Gasteiger partial charge on any atom is 0.308 e. The Hall–Kier alpha value is -1.38. The van der Waals surface area contributed by atoms with Crippen molar-refractivity contribution < 1.29 is 9.53 Å². The molecule has 0 radical (unpaired) electrons. The summed E-state index contributed by atoms with van der Waals surface area (Å²) in [6, 6.07) is 3.87. The van der Waals surface area contributed by atoms with Crippen LogP contribution >= 0.6 is 0 Å². The van der Waals surface area contributed by atoms with Crippen LogP contribution in [0.3, 0.4) is 0 Å². The number of esters is 1. The smallest absolute Gasteiger partial charge is 0.308 e. The van der Waals surface area contributed by atoms with Crippen LogP contribution in [0.2, 0.25) is 0 Å². The number of methoxy groups -OCH3 is 1. The van der Waals surface area contributed by atoms with E-state index in [-0.39, 0.29) is 11.9 Å². The van der Waals surface area contributed by atoms with Crippen LogP contribution in [0.1, 0.15) is 25.3 Å². The number of nitrogens with zero attached hydrogens (tertiary/aromatic N) is 1. The molecule has 1 unspecified atom stereocenters. The summed E-state index contributed by atoms with van der Waals surface area (Å²) in [5, 5.41) is 0. The Balaban J connectivity index is 2.62. The SMILES string of the molecule is CCCC(Cc1cccnc1)C(=O)OC. The zero-order valence-corrected chi connectivity index (χ0v) is 9.27. The number of rotatable bonds is 5. The van der Waals surface area contributed by atoms with E-state index in [9.17, 15) is 4.79 Å². The van der Waals surface area contributed by atoms with Crippen LogP contribution in [-0.4, -0.2) is 18.1 Å². The van der Waals surface area contributed by atoms with Gasteiger partial charge in [0, 0.05) is 12.4 Å². The van der Waals surface area contributed by atoms with Gasteiger partial charge in [0.05, 0.1) is 13.0 Å². The molecular weight excluding hydrogens is 190 g/mol. The molecule has 1 rings (SSSR count). The Bertz CT molecular complexity index is 298. The Labute approximate surface area is 90.5 Å². The van der Waals surface area contributed by atoms with Gasteiger partial charge < -0.3 is 4.74 Å². The lowest BCUT2D eigenvalue weighted by atomic mass is 9.96. The quantitative estimate of drug-likeness (QED) is 0.695. The number of ether oxygens (including phenoxy) is 1. The van der Waals surface area contributed by atoms with Gasteiger partial charge in [-0.15, -0.1) is 0 Å². The van der Waals surface area contributed by atoms with Crippen LogP contribution in [0.5, 0.6) is 0 Å². The fourth-order valence-electron chi connectivity index (χ4n) is 1.62. The first-order chi connectivity index (χ1) is 7.27. The summed E-state index contributed by atoms with van der Waals surface area (Å²) in [5.41, 5.74) is 1.08. The van der Waals surface area contributed by atoms with Crippen molar-refractivity contribution in [1.82, 2.24) is 4.98 Å². The van der Waals surface area contributed by atoms with Gasteiger partial charge in [-0.1, -0.05) is 19.4 Å². The van der Waals surface area contributed by atoms with E-state index in [2.05, 4.69) is 11.9 Å². The van der Waals surface area contributed by atoms with E-state index in [4.69, 9.17) is 4.74 Å². The monoisotopic (exact) mass is 207 g/mol. The molecule has 82 valence electrons. The number of carbonyl (C=O) groups excluding carboxylic acids is 1. The molecule has 1 aromatic heterocycles. The molecule has 0 amide bonds. The third kappa shape index (κ3) is 3.70. The van der Waals surface area contributed by atoms with E-state index in [0.717, 1.165) is 18.4 Å². The summed E-state index contributed by atoms with van der Waals surface area (Å²) in [5.74, 6) is -0.162. The first-order valence-electron chi connectivity index (χ1n) is 5.24. The summed E-state index contributed by atoms with van der Waals surface area (Å²) in [4.78, 5) is 15.5. The number of pyridine rings is 1. The predicted molar refractivity (Wildman–Crippen MR) is 58.4 cm³/mol. The summed E-state index contributed by atoms with van der Waals surface area (Å²) in [6.45, 7) is 2.07. The van der Waals surface area contributed by atoms with Crippen molar-refractivity contribution in [2.24, 2.45) is 5.92 Å². The van der Waals surface area contributed by atoms with Crippen molar-refractivity contribution in [1.29, 1.82) is 0 Å². The molecular formula is C12H17NO2. The van der Waals surface area contributed by atoms with Crippen molar-refractivity contribution in [3.63, 3.8) is 0 Å². The molecule has 0 saturated heterocycles. The number of hydrogen-bond acceptors (Lipinski definition) is 3. The largest absolute Gasteiger partial charge is 0.469 e. The average molecular weight is 207 g/mol. The number of hydrogen-bond donors (Lipinski definition) is 0. The molecule has 0 aromatic carbocycles. The van der Waals surface area contributed by atoms with E-state index in [1.165, 1.54) is 7.11 Å². The van der Waals surface area contributed by atoms with E-state index < -0.39 is 0 Å². The molecule has 0 aliphatic carbocycles. The third-order valence-electron chi connectivity index (χ3n) is 2.38. The molecule has 0 aliphatic rings. The average Bonchev–Trinajstić information content (AvgIpc) is 2.29. The topological polar surface area (TPSA) is 39.2 Å². The molecule has 1 aromatic rings. The van der Waals surface area contributed by atoms with Crippen LogP contribution in [0.25, 0.3) is 0 Å². The molecule has 1 heterocycles. The van der Waals surface area contributed by atoms with Gasteiger partial charge in [-0.25, -0.2) is 0 Å². The van der Waals surface area contributed by atoms with Gasteiger partial charge in [0.2, 0.25) is 0 Å². The molecule has 0 spiro atoms. The zero-order valence-electron chi connectivity index (χ0n) is 9.27. The van der Waals surface area contributed by atoms with Gasteiger partial charge in [0.1, 0.15) is 0 Å². The highest BCUT2D eigenvalue weighted by atomic mass is 16.5. The fraction of sp³-hybridized carbons (Fsp3) is 0.500. The van der Waals surface area contributed by atoms with E-state index in [1.807, 2.05) is 12.1 Å². The van der Waals surface area contributed by atoms with Crippen LogP contribution in [0.15, 0.2) is 24.5 Å². The molecule has 1 atom stereocenters. The van der Waals surface area contributed by atoms with Crippen molar-refractivity contribution in [3.05, 3.63) is 30.1 Å². The first kappa shape index (κ1) is 11.7. The molecule has 0 bridgehead atoms. The Morgan fingerprint density at radius 2 is 2.40 bits per heavy atom. The summed E-state index contributed by atoms with van der Waals surface area (Å²) >= 11 is 0. The van der Waals surface area contributed by atoms with Crippen molar-refractivity contribution in [2.45, 2.75) is 26.2 Å². The van der Waals surface area contributed by atoms with E-state index in [0.29, 0.717) is 6.42 Å². The lowest BCUT2D eigenvalue weighted by molar-refractivity contribution is -0.145. The van der Waals surface area contributed by atoms with Gasteiger partial charge in [-0.2, -0.15) is 0 Å². The van der Waals surface area contributed by atoms with Gasteiger partial charge in [0.25, 0.3) is 0 Å². The maximum absolute atomic E-state index is 11.5. The number of carbonyl (C=O) groups is 1. The minimum atomic E-state index is -0.124. The fourth-order valence-corrected chi connectivity index (χ4v) is 1.62. The lowest BCUT2D eigenvalue weighted by Crippen LogP contribution is -2.18. The predicted octanol–water partition coefficient (Wildman–Crippen LogP) is 2.21. The van der Waals surface area contributed by atoms with Crippen LogP contribution in [0, 0.1) is 5.92 Å². The maximum atomic E-state index is 11.5. The Kier molecular flexibility index (Phi) is 4.81. The van der Waals surface area contributed by atoms with Gasteiger partial charge >= 0.3 is 5.97 Å². The molecule has 0 aliphatic heterocycles.